The number of nitrogens with one attached hydrogen (secondary N) is 1. The van der Waals surface area contributed by atoms with E-state index in [0.717, 1.165) is 36.4 Å². The van der Waals surface area contributed by atoms with Crippen molar-refractivity contribution in [3.63, 3.8) is 0 Å². The summed E-state index contributed by atoms with van der Waals surface area (Å²) in [4.78, 5) is 15.5. The minimum atomic E-state index is -0.102. The Morgan fingerprint density at radius 2 is 1.74 bits per heavy atom. The van der Waals surface area contributed by atoms with Crippen LogP contribution in [0.3, 0.4) is 0 Å². The number of carbonyl (C=O) groups is 1. The minimum absolute atomic E-state index is 0.102. The zero-order valence-electron chi connectivity index (χ0n) is 18.4. The quantitative estimate of drug-likeness (QED) is 0.663. The lowest BCUT2D eigenvalue weighted by atomic mass is 10.0. The smallest absolute Gasteiger partial charge is 0.255 e. The van der Waals surface area contributed by atoms with Gasteiger partial charge in [0.15, 0.2) is 0 Å². The summed E-state index contributed by atoms with van der Waals surface area (Å²) in [5, 5.41) is 7.87. The average molecular weight is 419 g/mol. The van der Waals surface area contributed by atoms with Crippen molar-refractivity contribution in [2.45, 2.75) is 33.0 Å². The van der Waals surface area contributed by atoms with Crippen LogP contribution in [-0.4, -0.2) is 59.0 Å². The molecule has 2 atom stereocenters. The van der Waals surface area contributed by atoms with Crippen LogP contribution in [0.4, 0.5) is 0 Å². The molecule has 2 unspecified atom stereocenters. The normalized spacial score (nSPS) is 19.3. The van der Waals surface area contributed by atoms with E-state index in [9.17, 15) is 4.79 Å². The van der Waals surface area contributed by atoms with E-state index in [1.165, 1.54) is 0 Å². The van der Waals surface area contributed by atoms with Crippen LogP contribution >= 0.6 is 0 Å². The number of nitrogens with zero attached hydrogens (tertiary/aromatic N) is 3. The van der Waals surface area contributed by atoms with E-state index in [4.69, 9.17) is 9.84 Å². The van der Waals surface area contributed by atoms with Gasteiger partial charge in [-0.25, -0.2) is 4.68 Å². The van der Waals surface area contributed by atoms with Crippen molar-refractivity contribution < 1.29 is 9.53 Å². The van der Waals surface area contributed by atoms with Crippen LogP contribution < -0.4 is 5.32 Å². The number of morpholine rings is 1. The zero-order valence-corrected chi connectivity index (χ0v) is 18.4. The van der Waals surface area contributed by atoms with Gasteiger partial charge in [0.1, 0.15) is 5.69 Å². The third-order valence-corrected chi connectivity index (χ3v) is 5.59. The van der Waals surface area contributed by atoms with Gasteiger partial charge in [0.25, 0.3) is 5.91 Å². The lowest BCUT2D eigenvalue weighted by Crippen LogP contribution is -2.47. The van der Waals surface area contributed by atoms with Crippen LogP contribution in [0.15, 0.2) is 60.8 Å². The predicted octanol–water partition coefficient (Wildman–Crippen LogP) is 3.69. The molecule has 1 saturated heterocycles. The minimum Gasteiger partial charge on any atom is -0.373 e. The summed E-state index contributed by atoms with van der Waals surface area (Å²) in [6, 6.07) is 17.9. The van der Waals surface area contributed by atoms with Gasteiger partial charge in [-0.15, -0.1) is 0 Å². The van der Waals surface area contributed by atoms with Crippen molar-refractivity contribution in [1.29, 1.82) is 0 Å². The Bertz CT molecular complexity index is 1020. The third kappa shape index (κ3) is 5.03. The van der Waals surface area contributed by atoms with Crippen molar-refractivity contribution in [3.8, 4) is 16.9 Å². The highest BCUT2D eigenvalue weighted by atomic mass is 16.5. The zero-order chi connectivity index (χ0) is 21.8. The second-order valence-electron chi connectivity index (χ2n) is 8.26. The SMILES string of the molecule is Cc1ccccc1-c1nn(-c2ccccc2)cc1C(=O)NCCN1CC(C)OC(C)C1. The first kappa shape index (κ1) is 21.3. The molecule has 0 radical (unpaired) electrons. The Morgan fingerprint density at radius 1 is 1.06 bits per heavy atom. The first-order valence-corrected chi connectivity index (χ1v) is 10.9. The summed E-state index contributed by atoms with van der Waals surface area (Å²) in [5.41, 5.74) is 4.27. The number of aryl methyl sites for hydroxylation is 1. The molecule has 1 N–H and O–H groups in total. The summed E-state index contributed by atoms with van der Waals surface area (Å²) < 4.78 is 7.57. The highest BCUT2D eigenvalue weighted by Gasteiger charge is 2.23. The topological polar surface area (TPSA) is 59.4 Å². The molecule has 6 heteroatoms. The lowest BCUT2D eigenvalue weighted by molar-refractivity contribution is -0.0672. The molecule has 3 aromatic rings. The van der Waals surface area contributed by atoms with Gasteiger partial charge in [-0.2, -0.15) is 5.10 Å². The fraction of sp³-hybridized carbons (Fsp3) is 0.360. The molecule has 1 aromatic heterocycles. The number of carbonyl (C=O) groups excluding carboxylic acids is 1. The summed E-state index contributed by atoms with van der Waals surface area (Å²) in [6.45, 7) is 9.39. The van der Waals surface area contributed by atoms with Gasteiger partial charge in [0.2, 0.25) is 0 Å². The molecule has 2 heterocycles. The van der Waals surface area contributed by atoms with E-state index < -0.39 is 0 Å². The highest BCUT2D eigenvalue weighted by Crippen LogP contribution is 2.26. The molecule has 0 saturated carbocycles. The van der Waals surface area contributed by atoms with Gasteiger partial charge in [0, 0.05) is 37.9 Å². The molecule has 2 aromatic carbocycles. The van der Waals surface area contributed by atoms with Crippen molar-refractivity contribution in [2.24, 2.45) is 0 Å². The number of ether oxygens (including phenoxy) is 1. The van der Waals surface area contributed by atoms with E-state index in [1.54, 1.807) is 4.68 Å². The molecule has 6 nitrogen and oxygen atoms in total. The second kappa shape index (κ2) is 9.45. The lowest BCUT2D eigenvalue weighted by Gasteiger charge is -2.35. The molecule has 1 aliphatic heterocycles. The summed E-state index contributed by atoms with van der Waals surface area (Å²) >= 11 is 0. The maximum absolute atomic E-state index is 13.2. The molecule has 31 heavy (non-hydrogen) atoms. The molecule has 0 bridgehead atoms. The van der Waals surface area contributed by atoms with Crippen LogP contribution in [-0.2, 0) is 4.74 Å². The maximum atomic E-state index is 13.2. The Labute approximate surface area is 183 Å². The number of para-hydroxylation sites is 1. The number of amides is 1. The summed E-state index contributed by atoms with van der Waals surface area (Å²) in [7, 11) is 0. The average Bonchev–Trinajstić information content (AvgIpc) is 3.19. The van der Waals surface area contributed by atoms with Crippen LogP contribution in [0.25, 0.3) is 16.9 Å². The summed E-state index contributed by atoms with van der Waals surface area (Å²) in [5.74, 6) is -0.102. The van der Waals surface area contributed by atoms with E-state index in [0.29, 0.717) is 17.8 Å². The maximum Gasteiger partial charge on any atom is 0.255 e. The standard InChI is InChI=1S/C25H30N4O2/c1-18-9-7-8-12-22(18)24-23(17-29(27-24)21-10-5-4-6-11-21)25(30)26-13-14-28-15-19(2)31-20(3)16-28/h4-12,17,19-20H,13-16H2,1-3H3,(H,26,30). The predicted molar refractivity (Wildman–Crippen MR) is 123 cm³/mol. The Kier molecular flexibility index (Phi) is 6.49. The molecular weight excluding hydrogens is 388 g/mol. The van der Waals surface area contributed by atoms with Gasteiger partial charge in [-0.1, -0.05) is 42.5 Å². The molecule has 0 aliphatic carbocycles. The van der Waals surface area contributed by atoms with Gasteiger partial charge < -0.3 is 10.1 Å². The Hall–Kier alpha value is -2.96. The van der Waals surface area contributed by atoms with Gasteiger partial charge >= 0.3 is 0 Å². The number of benzene rings is 2. The number of hydrogen-bond donors (Lipinski definition) is 1. The van der Waals surface area contributed by atoms with Crippen molar-refractivity contribution in [3.05, 3.63) is 71.9 Å². The number of aromatic nitrogens is 2. The summed E-state index contributed by atoms with van der Waals surface area (Å²) in [6.07, 6.45) is 2.26. The molecule has 0 spiro atoms. The monoisotopic (exact) mass is 418 g/mol. The van der Waals surface area contributed by atoms with Crippen molar-refractivity contribution in [1.82, 2.24) is 20.0 Å². The van der Waals surface area contributed by atoms with Crippen LogP contribution in [0.1, 0.15) is 29.8 Å². The number of hydrogen-bond acceptors (Lipinski definition) is 4. The van der Waals surface area contributed by atoms with Gasteiger partial charge in [-0.05, 0) is 38.5 Å². The second-order valence-corrected chi connectivity index (χ2v) is 8.26. The van der Waals surface area contributed by atoms with Crippen LogP contribution in [0.5, 0.6) is 0 Å². The van der Waals surface area contributed by atoms with Gasteiger partial charge in [-0.3, -0.25) is 9.69 Å². The van der Waals surface area contributed by atoms with E-state index in [2.05, 4.69) is 24.1 Å². The highest BCUT2D eigenvalue weighted by molar-refractivity contribution is 6.00. The third-order valence-electron chi connectivity index (χ3n) is 5.59. The number of rotatable bonds is 6. The molecular formula is C25H30N4O2. The first-order chi connectivity index (χ1) is 15.0. The largest absolute Gasteiger partial charge is 0.373 e. The molecule has 1 fully saturated rings. The molecule has 4 rings (SSSR count). The van der Waals surface area contributed by atoms with Crippen LogP contribution in [0.2, 0.25) is 0 Å². The first-order valence-electron chi connectivity index (χ1n) is 10.9. The molecule has 1 amide bonds. The van der Waals surface area contributed by atoms with E-state index in [1.807, 2.05) is 67.7 Å². The van der Waals surface area contributed by atoms with Crippen LogP contribution in [0, 0.1) is 6.92 Å². The van der Waals surface area contributed by atoms with E-state index >= 15 is 0 Å². The molecule has 162 valence electrons. The van der Waals surface area contributed by atoms with E-state index in [-0.39, 0.29) is 18.1 Å². The Morgan fingerprint density at radius 3 is 2.45 bits per heavy atom. The van der Waals surface area contributed by atoms with Gasteiger partial charge in [0.05, 0.1) is 23.5 Å². The fourth-order valence-corrected chi connectivity index (χ4v) is 4.18. The Balaban J connectivity index is 1.54. The molecule has 1 aliphatic rings. The van der Waals surface area contributed by atoms with Crippen molar-refractivity contribution in [2.75, 3.05) is 26.2 Å². The van der Waals surface area contributed by atoms with Crippen molar-refractivity contribution >= 4 is 5.91 Å². The fourth-order valence-electron chi connectivity index (χ4n) is 4.18.